The summed E-state index contributed by atoms with van der Waals surface area (Å²) in [5.41, 5.74) is 1.93. The fraction of sp³-hybridized carbons (Fsp3) is 0.364. The molecule has 1 atom stereocenters. The maximum absolute atomic E-state index is 12.3. The third-order valence-electron chi connectivity index (χ3n) is 4.99. The van der Waals surface area contributed by atoms with Gasteiger partial charge >= 0.3 is 6.61 Å². The Balaban J connectivity index is 1.52. The third-order valence-corrected chi connectivity index (χ3v) is 6.03. The lowest BCUT2D eigenvalue weighted by Crippen LogP contribution is -2.16. The molecule has 0 radical (unpaired) electrons. The zero-order valence-electron chi connectivity index (χ0n) is 17.0. The van der Waals surface area contributed by atoms with Gasteiger partial charge in [-0.2, -0.15) is 8.78 Å². The van der Waals surface area contributed by atoms with Gasteiger partial charge in [0, 0.05) is 17.9 Å². The summed E-state index contributed by atoms with van der Waals surface area (Å²) in [5.74, 6) is 2.33. The topological polar surface area (TPSA) is 58.4 Å². The predicted octanol–water partition coefficient (Wildman–Crippen LogP) is 5.03. The lowest BCUT2D eigenvalue weighted by atomic mass is 10.2. The second-order valence-corrected chi connectivity index (χ2v) is 8.03. The Bertz CT molecular complexity index is 975. The lowest BCUT2D eigenvalue weighted by molar-refractivity contribution is -0.0498. The van der Waals surface area contributed by atoms with Crippen LogP contribution < -0.4 is 9.47 Å². The molecule has 2 heterocycles. The number of hydrogen-bond donors (Lipinski definition) is 0. The summed E-state index contributed by atoms with van der Waals surface area (Å²) in [6, 6.07) is 14.4. The first-order valence-corrected chi connectivity index (χ1v) is 11.0. The number of rotatable bonds is 9. The van der Waals surface area contributed by atoms with Crippen molar-refractivity contribution in [2.75, 3.05) is 13.7 Å². The van der Waals surface area contributed by atoms with Gasteiger partial charge in [0.15, 0.2) is 11.0 Å². The van der Waals surface area contributed by atoms with Gasteiger partial charge in [-0.1, -0.05) is 23.9 Å². The summed E-state index contributed by atoms with van der Waals surface area (Å²) in [6.45, 7) is -1.37. The molecule has 0 saturated carbocycles. The minimum Gasteiger partial charge on any atom is -0.497 e. The molecular weight excluding hydrogens is 424 g/mol. The Morgan fingerprint density at radius 2 is 1.84 bits per heavy atom. The summed E-state index contributed by atoms with van der Waals surface area (Å²) in [6.07, 6.45) is 2.20. The van der Waals surface area contributed by atoms with Crippen LogP contribution >= 0.6 is 11.8 Å². The summed E-state index contributed by atoms with van der Waals surface area (Å²) in [4.78, 5) is 0. The van der Waals surface area contributed by atoms with Crippen LogP contribution in [0.3, 0.4) is 0 Å². The molecule has 1 aromatic heterocycles. The number of alkyl halides is 2. The van der Waals surface area contributed by atoms with Crippen LogP contribution in [0.4, 0.5) is 8.78 Å². The van der Waals surface area contributed by atoms with E-state index in [9.17, 15) is 8.78 Å². The quantitative estimate of drug-likeness (QED) is 0.429. The molecule has 4 rings (SSSR count). The van der Waals surface area contributed by atoms with Gasteiger partial charge in [-0.25, -0.2) is 0 Å². The second-order valence-electron chi connectivity index (χ2n) is 7.09. The van der Waals surface area contributed by atoms with Gasteiger partial charge in [-0.3, -0.25) is 4.57 Å². The molecule has 1 fully saturated rings. The number of ether oxygens (including phenoxy) is 3. The van der Waals surface area contributed by atoms with Crippen molar-refractivity contribution in [3.8, 4) is 22.9 Å². The second kappa shape index (κ2) is 10.1. The van der Waals surface area contributed by atoms with Crippen molar-refractivity contribution in [1.29, 1.82) is 0 Å². The van der Waals surface area contributed by atoms with Gasteiger partial charge in [0.1, 0.15) is 11.5 Å². The minimum absolute atomic E-state index is 0.137. The van der Waals surface area contributed by atoms with Crippen molar-refractivity contribution in [3.63, 3.8) is 0 Å². The first kappa shape index (κ1) is 21.6. The standard InChI is InChI=1S/C22H23F2N3O3S/c1-28-17-10-6-16(7-11-17)20-25-26-22(27(20)13-19-3-2-12-29-19)31-14-15-4-8-18(9-5-15)30-21(23)24/h4-11,19,21H,2-3,12-14H2,1H3. The van der Waals surface area contributed by atoms with E-state index in [4.69, 9.17) is 9.47 Å². The smallest absolute Gasteiger partial charge is 0.387 e. The van der Waals surface area contributed by atoms with Crippen molar-refractivity contribution in [1.82, 2.24) is 14.8 Å². The predicted molar refractivity (Wildman–Crippen MR) is 114 cm³/mol. The first-order valence-electron chi connectivity index (χ1n) is 9.98. The molecule has 6 nitrogen and oxygen atoms in total. The van der Waals surface area contributed by atoms with E-state index in [1.165, 1.54) is 0 Å². The van der Waals surface area contributed by atoms with E-state index in [1.807, 2.05) is 24.3 Å². The maximum atomic E-state index is 12.3. The number of nitrogens with zero attached hydrogens (tertiary/aromatic N) is 3. The molecule has 0 bridgehead atoms. The Hall–Kier alpha value is -2.65. The summed E-state index contributed by atoms with van der Waals surface area (Å²) >= 11 is 1.55. The molecule has 0 amide bonds. The van der Waals surface area contributed by atoms with Gasteiger partial charge < -0.3 is 14.2 Å². The highest BCUT2D eigenvalue weighted by Crippen LogP contribution is 2.29. The summed E-state index contributed by atoms with van der Waals surface area (Å²) in [5, 5.41) is 9.64. The fourth-order valence-corrected chi connectivity index (χ4v) is 4.32. The molecule has 1 unspecified atom stereocenters. The average Bonchev–Trinajstić information content (AvgIpc) is 3.43. The van der Waals surface area contributed by atoms with Crippen LogP contribution in [-0.4, -0.2) is 41.2 Å². The van der Waals surface area contributed by atoms with E-state index in [0.717, 1.165) is 47.3 Å². The lowest BCUT2D eigenvalue weighted by Gasteiger charge is -2.15. The molecule has 9 heteroatoms. The van der Waals surface area contributed by atoms with Crippen molar-refractivity contribution < 1.29 is 23.0 Å². The number of benzene rings is 2. The Kier molecular flexibility index (Phi) is 7.03. The van der Waals surface area contributed by atoms with Crippen LogP contribution in [0.15, 0.2) is 53.7 Å². The highest BCUT2D eigenvalue weighted by molar-refractivity contribution is 7.98. The molecule has 0 aliphatic carbocycles. The molecule has 1 aliphatic heterocycles. The molecule has 1 saturated heterocycles. The summed E-state index contributed by atoms with van der Waals surface area (Å²) in [7, 11) is 1.63. The molecule has 0 spiro atoms. The van der Waals surface area contributed by atoms with Crippen LogP contribution in [0.1, 0.15) is 18.4 Å². The molecule has 2 aromatic carbocycles. The van der Waals surface area contributed by atoms with Gasteiger partial charge in [0.25, 0.3) is 0 Å². The minimum atomic E-state index is -2.83. The number of methoxy groups -OCH3 is 1. The van der Waals surface area contributed by atoms with Crippen molar-refractivity contribution in [3.05, 3.63) is 54.1 Å². The first-order chi connectivity index (χ1) is 15.1. The number of aromatic nitrogens is 3. The highest BCUT2D eigenvalue weighted by atomic mass is 32.2. The van der Waals surface area contributed by atoms with E-state index in [0.29, 0.717) is 12.3 Å². The zero-order chi connectivity index (χ0) is 21.6. The van der Waals surface area contributed by atoms with Crippen molar-refractivity contribution in [2.24, 2.45) is 0 Å². The Morgan fingerprint density at radius 3 is 2.48 bits per heavy atom. The monoisotopic (exact) mass is 447 g/mol. The SMILES string of the molecule is COc1ccc(-c2nnc(SCc3ccc(OC(F)F)cc3)n2CC2CCCO2)cc1. The normalized spacial score (nSPS) is 16.1. The molecule has 1 aliphatic rings. The van der Waals surface area contributed by atoms with Crippen LogP contribution in [0, 0.1) is 0 Å². The number of hydrogen-bond acceptors (Lipinski definition) is 6. The van der Waals surface area contributed by atoms with E-state index in [-0.39, 0.29) is 11.9 Å². The van der Waals surface area contributed by atoms with E-state index in [2.05, 4.69) is 19.5 Å². The van der Waals surface area contributed by atoms with Crippen LogP contribution in [0.2, 0.25) is 0 Å². The van der Waals surface area contributed by atoms with Gasteiger partial charge in [0.05, 0.1) is 19.8 Å². The maximum Gasteiger partial charge on any atom is 0.387 e. The number of halogens is 2. The van der Waals surface area contributed by atoms with E-state index in [1.54, 1.807) is 43.1 Å². The van der Waals surface area contributed by atoms with Gasteiger partial charge in [-0.15, -0.1) is 10.2 Å². The van der Waals surface area contributed by atoms with Crippen LogP contribution in [0.25, 0.3) is 11.4 Å². The highest BCUT2D eigenvalue weighted by Gasteiger charge is 2.22. The van der Waals surface area contributed by atoms with Gasteiger partial charge in [-0.05, 0) is 54.8 Å². The molecule has 0 N–H and O–H groups in total. The number of thioether (sulfide) groups is 1. The molecule has 31 heavy (non-hydrogen) atoms. The van der Waals surface area contributed by atoms with Crippen molar-refractivity contribution >= 4 is 11.8 Å². The zero-order valence-corrected chi connectivity index (χ0v) is 17.9. The molecular formula is C22H23F2N3O3S. The van der Waals surface area contributed by atoms with Crippen LogP contribution in [0.5, 0.6) is 11.5 Å². The van der Waals surface area contributed by atoms with Gasteiger partial charge in [0.2, 0.25) is 0 Å². The third kappa shape index (κ3) is 5.54. The van der Waals surface area contributed by atoms with E-state index < -0.39 is 6.61 Å². The Morgan fingerprint density at radius 1 is 1.10 bits per heavy atom. The fourth-order valence-electron chi connectivity index (χ4n) is 3.42. The van der Waals surface area contributed by atoms with Crippen molar-refractivity contribution in [2.45, 2.75) is 43.0 Å². The van der Waals surface area contributed by atoms with Crippen LogP contribution in [-0.2, 0) is 17.0 Å². The molecule has 164 valence electrons. The largest absolute Gasteiger partial charge is 0.497 e. The van der Waals surface area contributed by atoms with E-state index >= 15 is 0 Å². The average molecular weight is 448 g/mol. The molecule has 3 aromatic rings. The summed E-state index contributed by atoms with van der Waals surface area (Å²) < 4.78 is 42.2. The Labute approximate surface area is 183 Å².